The quantitative estimate of drug-likeness (QED) is 0.715. The maximum absolute atomic E-state index is 9.23. The van der Waals surface area contributed by atoms with Crippen LogP contribution in [0.5, 0.6) is 5.75 Å². The Kier molecular flexibility index (Phi) is 2.17. The highest BCUT2D eigenvalue weighted by molar-refractivity contribution is 5.29. The van der Waals surface area contributed by atoms with Gasteiger partial charge in [0.25, 0.3) is 0 Å². The molecular weight excluding hydrogens is 180 g/mol. The molecule has 1 aromatic rings. The fraction of sp³-hybridized carbons (Fsp3) is 0.500. The zero-order valence-electron chi connectivity index (χ0n) is 8.10. The van der Waals surface area contributed by atoms with Gasteiger partial charge < -0.3 is 15.6 Å². The molecule has 1 aliphatic rings. The van der Waals surface area contributed by atoms with E-state index in [1.165, 1.54) is 0 Å². The van der Waals surface area contributed by atoms with E-state index in [-0.39, 0.29) is 6.10 Å². The van der Waals surface area contributed by atoms with Gasteiger partial charge in [0.2, 0.25) is 0 Å². The second-order valence-corrected chi connectivity index (χ2v) is 3.80. The van der Waals surface area contributed by atoms with Gasteiger partial charge in [-0.15, -0.1) is 0 Å². The molecule has 0 bridgehead atoms. The second kappa shape index (κ2) is 3.22. The largest absolute Gasteiger partial charge is 0.497 e. The van der Waals surface area contributed by atoms with Gasteiger partial charge in [0, 0.05) is 12.3 Å². The first-order valence-electron chi connectivity index (χ1n) is 4.61. The van der Waals surface area contributed by atoms with Gasteiger partial charge in [-0.3, -0.25) is 4.98 Å². The lowest BCUT2D eigenvalue weighted by atomic mass is 9.73. The Morgan fingerprint density at radius 1 is 1.64 bits per heavy atom. The molecule has 0 unspecified atom stereocenters. The number of nitrogens with two attached hydrogens (primary N) is 1. The maximum atomic E-state index is 9.23. The zero-order valence-corrected chi connectivity index (χ0v) is 8.10. The predicted molar refractivity (Wildman–Crippen MR) is 51.9 cm³/mol. The Bertz CT molecular complexity index is 335. The SMILES string of the molecule is COc1ccnc(C2(N)CC(O)C2)c1. The number of aliphatic hydroxyl groups is 1. The summed E-state index contributed by atoms with van der Waals surface area (Å²) in [4.78, 5) is 4.20. The van der Waals surface area contributed by atoms with Gasteiger partial charge in [0.1, 0.15) is 5.75 Å². The van der Waals surface area contributed by atoms with Gasteiger partial charge >= 0.3 is 0 Å². The molecule has 0 spiro atoms. The Morgan fingerprint density at radius 3 is 2.93 bits per heavy atom. The summed E-state index contributed by atoms with van der Waals surface area (Å²) in [5, 5.41) is 9.23. The summed E-state index contributed by atoms with van der Waals surface area (Å²) >= 11 is 0. The smallest absolute Gasteiger partial charge is 0.122 e. The minimum atomic E-state index is -0.464. The second-order valence-electron chi connectivity index (χ2n) is 3.80. The van der Waals surface area contributed by atoms with Crippen molar-refractivity contribution in [2.45, 2.75) is 24.5 Å². The normalized spacial score (nSPS) is 30.9. The average Bonchev–Trinajstić information content (AvgIpc) is 2.16. The van der Waals surface area contributed by atoms with E-state index in [0.717, 1.165) is 11.4 Å². The highest BCUT2D eigenvalue weighted by Gasteiger charge is 2.42. The molecule has 0 saturated heterocycles. The first kappa shape index (κ1) is 9.43. The Balaban J connectivity index is 2.24. The number of hydrogen-bond acceptors (Lipinski definition) is 4. The topological polar surface area (TPSA) is 68.4 Å². The molecule has 4 nitrogen and oxygen atoms in total. The van der Waals surface area contributed by atoms with Crippen molar-refractivity contribution in [3.05, 3.63) is 24.0 Å². The van der Waals surface area contributed by atoms with Crippen LogP contribution in [0, 0.1) is 0 Å². The van der Waals surface area contributed by atoms with Crippen LogP contribution >= 0.6 is 0 Å². The lowest BCUT2D eigenvalue weighted by molar-refractivity contribution is 0.0187. The van der Waals surface area contributed by atoms with Crippen molar-refractivity contribution in [2.75, 3.05) is 7.11 Å². The highest BCUT2D eigenvalue weighted by Crippen LogP contribution is 2.38. The third-order valence-electron chi connectivity index (χ3n) is 2.68. The standard InChI is InChI=1S/C10H14N2O2/c1-14-8-2-3-12-9(4-8)10(11)5-7(13)6-10/h2-4,7,13H,5-6,11H2,1H3. The van der Waals surface area contributed by atoms with Crippen LogP contribution in [-0.4, -0.2) is 23.3 Å². The van der Waals surface area contributed by atoms with Crippen LogP contribution in [0.2, 0.25) is 0 Å². The number of rotatable bonds is 2. The number of pyridine rings is 1. The third-order valence-corrected chi connectivity index (χ3v) is 2.68. The van der Waals surface area contributed by atoms with E-state index in [9.17, 15) is 5.11 Å². The van der Waals surface area contributed by atoms with Crippen LogP contribution in [0.15, 0.2) is 18.3 Å². The van der Waals surface area contributed by atoms with E-state index in [4.69, 9.17) is 10.5 Å². The van der Waals surface area contributed by atoms with Gasteiger partial charge in [-0.2, -0.15) is 0 Å². The van der Waals surface area contributed by atoms with Gasteiger partial charge in [-0.1, -0.05) is 0 Å². The number of aliphatic hydroxyl groups excluding tert-OH is 1. The molecule has 1 fully saturated rings. The first-order chi connectivity index (χ1) is 6.64. The minimum absolute atomic E-state index is 0.284. The van der Waals surface area contributed by atoms with Crippen LogP contribution in [0.1, 0.15) is 18.5 Å². The number of aromatic nitrogens is 1. The average molecular weight is 194 g/mol. The molecule has 1 aliphatic carbocycles. The van der Waals surface area contributed by atoms with E-state index in [1.54, 1.807) is 19.4 Å². The Labute approximate surface area is 82.7 Å². The molecule has 1 saturated carbocycles. The van der Waals surface area contributed by atoms with Gasteiger partial charge in [0.15, 0.2) is 0 Å². The summed E-state index contributed by atoms with van der Waals surface area (Å²) in [6.07, 6.45) is 2.54. The number of nitrogens with zero attached hydrogens (tertiary/aromatic N) is 1. The van der Waals surface area contributed by atoms with Crippen molar-refractivity contribution in [3.63, 3.8) is 0 Å². The van der Waals surface area contributed by atoms with Crippen molar-refractivity contribution >= 4 is 0 Å². The predicted octanol–water partition coefficient (Wildman–Crippen LogP) is 0.399. The first-order valence-corrected chi connectivity index (χ1v) is 4.61. The minimum Gasteiger partial charge on any atom is -0.497 e. The number of methoxy groups -OCH3 is 1. The molecule has 1 heterocycles. The highest BCUT2D eigenvalue weighted by atomic mass is 16.5. The fourth-order valence-electron chi connectivity index (χ4n) is 1.80. The van der Waals surface area contributed by atoms with E-state index in [1.807, 2.05) is 6.07 Å². The van der Waals surface area contributed by atoms with Gasteiger partial charge in [-0.25, -0.2) is 0 Å². The molecular formula is C10H14N2O2. The lowest BCUT2D eigenvalue weighted by Gasteiger charge is -2.41. The maximum Gasteiger partial charge on any atom is 0.122 e. The van der Waals surface area contributed by atoms with Crippen LogP contribution in [0.4, 0.5) is 0 Å². The summed E-state index contributed by atoms with van der Waals surface area (Å²) in [6.45, 7) is 0. The Hall–Kier alpha value is -1.13. The van der Waals surface area contributed by atoms with Crippen molar-refractivity contribution in [1.29, 1.82) is 0 Å². The molecule has 14 heavy (non-hydrogen) atoms. The molecule has 3 N–H and O–H groups in total. The summed E-state index contributed by atoms with van der Waals surface area (Å²) in [6, 6.07) is 3.60. The van der Waals surface area contributed by atoms with Crippen LogP contribution in [0.3, 0.4) is 0 Å². The molecule has 1 aromatic heterocycles. The van der Waals surface area contributed by atoms with Gasteiger partial charge in [-0.05, 0) is 18.9 Å². The summed E-state index contributed by atoms with van der Waals surface area (Å²) < 4.78 is 5.09. The van der Waals surface area contributed by atoms with E-state index in [0.29, 0.717) is 12.8 Å². The van der Waals surface area contributed by atoms with Crippen LogP contribution in [0.25, 0.3) is 0 Å². The van der Waals surface area contributed by atoms with E-state index in [2.05, 4.69) is 4.98 Å². The summed E-state index contributed by atoms with van der Waals surface area (Å²) in [5.41, 5.74) is 6.39. The molecule has 0 aliphatic heterocycles. The number of hydrogen-bond donors (Lipinski definition) is 2. The molecule has 4 heteroatoms. The zero-order chi connectivity index (χ0) is 10.2. The molecule has 0 atom stereocenters. The molecule has 0 aromatic carbocycles. The van der Waals surface area contributed by atoms with Crippen LogP contribution in [-0.2, 0) is 5.54 Å². The van der Waals surface area contributed by atoms with E-state index < -0.39 is 5.54 Å². The van der Waals surface area contributed by atoms with Crippen molar-refractivity contribution in [1.82, 2.24) is 4.98 Å². The molecule has 76 valence electrons. The summed E-state index contributed by atoms with van der Waals surface area (Å²) in [5.74, 6) is 0.751. The van der Waals surface area contributed by atoms with Crippen molar-refractivity contribution < 1.29 is 9.84 Å². The van der Waals surface area contributed by atoms with Crippen molar-refractivity contribution in [2.24, 2.45) is 5.73 Å². The van der Waals surface area contributed by atoms with Crippen LogP contribution < -0.4 is 10.5 Å². The summed E-state index contributed by atoms with van der Waals surface area (Å²) in [7, 11) is 1.61. The Morgan fingerprint density at radius 2 is 2.36 bits per heavy atom. The molecule has 0 amide bonds. The molecule has 0 radical (unpaired) electrons. The lowest BCUT2D eigenvalue weighted by Crippen LogP contribution is -2.52. The third kappa shape index (κ3) is 1.47. The monoisotopic (exact) mass is 194 g/mol. The van der Waals surface area contributed by atoms with E-state index >= 15 is 0 Å². The fourth-order valence-corrected chi connectivity index (χ4v) is 1.80. The van der Waals surface area contributed by atoms with Crippen molar-refractivity contribution in [3.8, 4) is 5.75 Å². The number of ether oxygens (including phenoxy) is 1. The van der Waals surface area contributed by atoms with Gasteiger partial charge in [0.05, 0.1) is 24.4 Å². The molecule has 2 rings (SSSR count).